The number of hydrogen-bond acceptors (Lipinski definition) is 7. The third-order valence-corrected chi connectivity index (χ3v) is 4.77. The second-order valence-electron chi connectivity index (χ2n) is 4.53. The van der Waals surface area contributed by atoms with E-state index in [0.29, 0.717) is 24.1 Å². The van der Waals surface area contributed by atoms with Gasteiger partial charge in [-0.1, -0.05) is 0 Å². The molecule has 0 amide bonds. The first-order chi connectivity index (χ1) is 9.99. The van der Waals surface area contributed by atoms with Crippen molar-refractivity contribution in [2.75, 3.05) is 39.4 Å². The number of quaternary nitrogens is 1. The second-order valence-corrected chi connectivity index (χ2v) is 7.29. The molecule has 1 aromatic rings. The zero-order chi connectivity index (χ0) is 15.5. The number of nitrogens with zero attached hydrogens (tertiary/aromatic N) is 3. The van der Waals surface area contributed by atoms with E-state index < -0.39 is 16.8 Å². The Bertz CT molecular complexity index is 506. The first kappa shape index (κ1) is 17.1. The van der Waals surface area contributed by atoms with E-state index in [0.717, 1.165) is 3.79 Å². The summed E-state index contributed by atoms with van der Waals surface area (Å²) in [6, 6.07) is 0. The molecule has 0 radical (unpaired) electrons. The van der Waals surface area contributed by atoms with Crippen LogP contribution in [0.25, 0.3) is 0 Å². The van der Waals surface area contributed by atoms with Gasteiger partial charge in [0.05, 0.1) is 16.5 Å². The van der Waals surface area contributed by atoms with E-state index in [1.807, 2.05) is 4.90 Å². The molecule has 0 N–H and O–H groups in total. The van der Waals surface area contributed by atoms with Gasteiger partial charge in [0.25, 0.3) is 11.4 Å². The zero-order valence-electron chi connectivity index (χ0n) is 11.3. The lowest BCUT2D eigenvalue weighted by atomic mass is 10.5. The van der Waals surface area contributed by atoms with Crippen LogP contribution in [-0.2, 0) is 14.3 Å². The maximum atomic E-state index is 13.1. The van der Waals surface area contributed by atoms with Gasteiger partial charge in [0.2, 0.25) is 0 Å². The average molecular weight is 401 g/mol. The number of carbonyl (C=O) groups is 1. The topological polar surface area (TPSA) is 74.7 Å². The van der Waals surface area contributed by atoms with Crippen molar-refractivity contribution in [2.24, 2.45) is 0 Å². The standard InChI is InChI=1S/C11H15BrClN3O4S/c1-19-6-10(17)20-9-5-15(3-2-13)7-16(9,18)11-14-4-8(12)21-11/h4,9H,2-3,5-7H2,1H3. The highest BCUT2D eigenvalue weighted by Gasteiger charge is 2.45. The largest absolute Gasteiger partial charge is 0.622 e. The molecule has 0 saturated carbocycles. The Morgan fingerprint density at radius 1 is 1.76 bits per heavy atom. The van der Waals surface area contributed by atoms with Crippen LogP contribution in [0.4, 0.5) is 5.13 Å². The minimum Gasteiger partial charge on any atom is -0.622 e. The molecule has 2 unspecified atom stereocenters. The molecule has 1 aromatic heterocycles. The lowest BCUT2D eigenvalue weighted by Gasteiger charge is -2.38. The summed E-state index contributed by atoms with van der Waals surface area (Å²) in [6.07, 6.45) is 0.699. The lowest BCUT2D eigenvalue weighted by Crippen LogP contribution is -2.51. The van der Waals surface area contributed by atoms with Crippen molar-refractivity contribution in [3.8, 4) is 0 Å². The fourth-order valence-corrected chi connectivity index (χ4v) is 3.60. The van der Waals surface area contributed by atoms with E-state index in [9.17, 15) is 10.0 Å². The van der Waals surface area contributed by atoms with Crippen molar-refractivity contribution >= 4 is 50.0 Å². The summed E-state index contributed by atoms with van der Waals surface area (Å²) >= 11 is 10.2. The summed E-state index contributed by atoms with van der Waals surface area (Å²) in [7, 11) is 1.40. The smallest absolute Gasteiger partial charge is 0.336 e. The zero-order valence-corrected chi connectivity index (χ0v) is 14.5. The Labute approximate surface area is 139 Å². The van der Waals surface area contributed by atoms with E-state index >= 15 is 0 Å². The SMILES string of the molecule is COCC(=O)OC1CN(CCCl)C[N+]1([O-])c1ncc(Br)s1. The van der Waals surface area contributed by atoms with Crippen LogP contribution in [0.2, 0.25) is 0 Å². The van der Waals surface area contributed by atoms with Crippen molar-refractivity contribution in [1.82, 2.24) is 14.5 Å². The number of alkyl halides is 1. The molecule has 0 aromatic carbocycles. The van der Waals surface area contributed by atoms with Crippen molar-refractivity contribution < 1.29 is 14.3 Å². The fraction of sp³-hybridized carbons (Fsp3) is 0.636. The summed E-state index contributed by atoms with van der Waals surface area (Å²) in [4.78, 5) is 17.6. The predicted molar refractivity (Wildman–Crippen MR) is 83.9 cm³/mol. The number of rotatable bonds is 6. The highest BCUT2D eigenvalue weighted by atomic mass is 79.9. The third kappa shape index (κ3) is 3.92. The molecule has 2 heterocycles. The molecule has 0 aliphatic carbocycles. The monoisotopic (exact) mass is 399 g/mol. The summed E-state index contributed by atoms with van der Waals surface area (Å²) in [5.41, 5.74) is 0. The van der Waals surface area contributed by atoms with Crippen molar-refractivity contribution in [2.45, 2.75) is 6.23 Å². The van der Waals surface area contributed by atoms with Crippen molar-refractivity contribution in [3.63, 3.8) is 0 Å². The average Bonchev–Trinajstić information content (AvgIpc) is 2.97. The van der Waals surface area contributed by atoms with E-state index in [-0.39, 0.29) is 13.3 Å². The first-order valence-corrected chi connectivity index (χ1v) is 8.31. The molecule has 1 aliphatic heterocycles. The van der Waals surface area contributed by atoms with E-state index in [4.69, 9.17) is 21.1 Å². The van der Waals surface area contributed by atoms with Gasteiger partial charge in [0, 0.05) is 19.5 Å². The second kappa shape index (κ2) is 7.32. The van der Waals surface area contributed by atoms with Crippen LogP contribution in [0, 0.1) is 5.21 Å². The minimum atomic E-state index is -0.867. The summed E-state index contributed by atoms with van der Waals surface area (Å²) in [6.45, 7) is 0.836. The van der Waals surface area contributed by atoms with Crippen LogP contribution in [0.3, 0.4) is 0 Å². The number of esters is 1. The molecule has 10 heteroatoms. The van der Waals surface area contributed by atoms with Crippen LogP contribution in [0.1, 0.15) is 0 Å². The van der Waals surface area contributed by atoms with Gasteiger partial charge in [-0.05, 0) is 27.3 Å². The Morgan fingerprint density at radius 3 is 3.10 bits per heavy atom. The summed E-state index contributed by atoms with van der Waals surface area (Å²) in [5, 5.41) is 13.5. The van der Waals surface area contributed by atoms with Gasteiger partial charge in [-0.15, -0.1) is 11.6 Å². The van der Waals surface area contributed by atoms with Gasteiger partial charge in [-0.25, -0.2) is 9.69 Å². The number of ether oxygens (including phenoxy) is 2. The van der Waals surface area contributed by atoms with Crippen molar-refractivity contribution in [1.29, 1.82) is 0 Å². The van der Waals surface area contributed by atoms with Crippen LogP contribution >= 0.6 is 38.9 Å². The third-order valence-electron chi connectivity index (χ3n) is 3.01. The van der Waals surface area contributed by atoms with Gasteiger partial charge in [-0.2, -0.15) is 4.98 Å². The molecule has 0 bridgehead atoms. The van der Waals surface area contributed by atoms with Crippen LogP contribution in [0.15, 0.2) is 9.98 Å². The highest BCUT2D eigenvalue weighted by Crippen LogP contribution is 2.36. The minimum absolute atomic E-state index is 0.150. The molecule has 2 rings (SSSR count). The van der Waals surface area contributed by atoms with Gasteiger partial charge >= 0.3 is 5.97 Å². The number of hydrogen-bond donors (Lipinski definition) is 0. The number of halogens is 2. The van der Waals surface area contributed by atoms with E-state index in [1.54, 1.807) is 6.20 Å². The van der Waals surface area contributed by atoms with Gasteiger partial charge in [0.15, 0.2) is 0 Å². The fourth-order valence-electron chi connectivity index (χ4n) is 2.11. The lowest BCUT2D eigenvalue weighted by molar-refractivity contribution is -0.157. The van der Waals surface area contributed by atoms with Crippen LogP contribution < -0.4 is 4.65 Å². The predicted octanol–water partition coefficient (Wildman–Crippen LogP) is 1.74. The Morgan fingerprint density at radius 2 is 2.52 bits per heavy atom. The van der Waals surface area contributed by atoms with E-state index in [2.05, 4.69) is 20.9 Å². The molecule has 21 heavy (non-hydrogen) atoms. The first-order valence-electron chi connectivity index (χ1n) is 6.17. The maximum absolute atomic E-state index is 13.1. The van der Waals surface area contributed by atoms with Crippen LogP contribution in [0.5, 0.6) is 0 Å². The van der Waals surface area contributed by atoms with Crippen molar-refractivity contribution in [3.05, 3.63) is 15.2 Å². The Balaban J connectivity index is 2.19. The number of methoxy groups -OCH3 is 1. The number of aromatic nitrogens is 1. The Hall–Kier alpha value is -0.290. The summed E-state index contributed by atoms with van der Waals surface area (Å²) < 4.78 is 9.93. The molecule has 7 nitrogen and oxygen atoms in total. The molecule has 1 saturated heterocycles. The molecule has 2 atom stereocenters. The molecule has 118 valence electrons. The Kier molecular flexibility index (Phi) is 5.95. The number of hydroxylamine groups is 2. The maximum Gasteiger partial charge on any atom is 0.336 e. The van der Waals surface area contributed by atoms with Gasteiger partial charge < -0.3 is 14.7 Å². The molecular formula is C11H15BrClN3O4S. The van der Waals surface area contributed by atoms with Crippen LogP contribution in [-0.4, -0.2) is 61.4 Å². The van der Waals surface area contributed by atoms with E-state index in [1.165, 1.54) is 18.4 Å². The molecule has 0 spiro atoms. The summed E-state index contributed by atoms with van der Waals surface area (Å²) in [5.74, 6) is -0.162. The normalized spacial score (nSPS) is 26.2. The molecule has 1 aliphatic rings. The van der Waals surface area contributed by atoms with Gasteiger partial charge in [0.1, 0.15) is 13.3 Å². The van der Waals surface area contributed by atoms with Gasteiger partial charge in [-0.3, -0.25) is 4.65 Å². The number of thiazole rings is 1. The molecular weight excluding hydrogens is 386 g/mol. The quantitative estimate of drug-likeness (QED) is 0.313. The molecule has 1 fully saturated rings. The number of carbonyl (C=O) groups excluding carboxylic acids is 1. The highest BCUT2D eigenvalue weighted by molar-refractivity contribution is 9.11.